The van der Waals surface area contributed by atoms with Gasteiger partial charge in [0.2, 0.25) is 0 Å². The Morgan fingerprint density at radius 1 is 1.00 bits per heavy atom. The molecule has 4 aromatic rings. The van der Waals surface area contributed by atoms with Gasteiger partial charge in [-0.15, -0.1) is 0 Å². The largest absolute Gasteiger partial charge is 0.384 e. The summed E-state index contributed by atoms with van der Waals surface area (Å²) in [5.74, 6) is 0.212. The molecule has 1 heterocycles. The topological polar surface area (TPSA) is 98.3 Å². The van der Waals surface area contributed by atoms with Crippen molar-refractivity contribution in [3.63, 3.8) is 0 Å². The summed E-state index contributed by atoms with van der Waals surface area (Å²) in [7, 11) is -3.86. The van der Waals surface area contributed by atoms with E-state index < -0.39 is 15.7 Å². The first-order valence-electron chi connectivity index (χ1n) is 9.80. The van der Waals surface area contributed by atoms with Gasteiger partial charge in [0.25, 0.3) is 10.0 Å². The third-order valence-corrected chi connectivity index (χ3v) is 7.07. The molecule has 3 aromatic carbocycles. The third kappa shape index (κ3) is 3.55. The molecule has 0 saturated carbocycles. The normalized spacial score (nSPS) is 11.5. The average molecular weight is 435 g/mol. The lowest BCUT2D eigenvalue weighted by Gasteiger charge is -2.23. The van der Waals surface area contributed by atoms with Gasteiger partial charge in [0.05, 0.1) is 21.8 Å². The monoisotopic (exact) mass is 434 g/mol. The molecule has 0 aliphatic rings. The quantitative estimate of drug-likeness (QED) is 0.518. The van der Waals surface area contributed by atoms with Gasteiger partial charge in [-0.25, -0.2) is 17.8 Å². The number of fused-ring (bicyclic) bond motifs is 1. The maximum atomic E-state index is 13.4. The second-order valence-corrected chi connectivity index (χ2v) is 8.95. The molecule has 0 radical (unpaired) electrons. The van der Waals surface area contributed by atoms with E-state index in [0.29, 0.717) is 27.8 Å². The smallest absolute Gasteiger partial charge is 0.354 e. The Morgan fingerprint density at radius 3 is 2.39 bits per heavy atom. The van der Waals surface area contributed by atoms with Crippen LogP contribution in [0.5, 0.6) is 0 Å². The zero-order chi connectivity index (χ0) is 22.2. The highest BCUT2D eigenvalue weighted by Gasteiger charge is 2.25. The van der Waals surface area contributed by atoms with E-state index in [1.165, 1.54) is 21.0 Å². The van der Waals surface area contributed by atoms with E-state index in [1.54, 1.807) is 62.4 Å². The number of benzene rings is 3. The standard InChI is InChI=1S/C23H22N4O3S/c1-3-26(17-9-5-4-6-10-17)31(29,30)18-14-13-16(2)21(15-18)27-22(24)19-11-7-8-12-20(19)25-23(27)28/h4-15H,3,24H2,1-2H3. The van der Waals surface area contributed by atoms with Gasteiger partial charge in [-0.2, -0.15) is 4.98 Å². The number of aromatic nitrogens is 2. The van der Waals surface area contributed by atoms with E-state index in [0.717, 1.165) is 0 Å². The van der Waals surface area contributed by atoms with Crippen molar-refractivity contribution in [1.82, 2.24) is 9.55 Å². The molecular weight excluding hydrogens is 412 g/mol. The van der Waals surface area contributed by atoms with Crippen molar-refractivity contribution < 1.29 is 8.42 Å². The van der Waals surface area contributed by atoms with Crippen molar-refractivity contribution in [3.8, 4) is 5.69 Å². The van der Waals surface area contributed by atoms with E-state index in [1.807, 2.05) is 12.1 Å². The lowest BCUT2D eigenvalue weighted by molar-refractivity contribution is 0.591. The highest BCUT2D eigenvalue weighted by atomic mass is 32.2. The molecule has 31 heavy (non-hydrogen) atoms. The zero-order valence-corrected chi connectivity index (χ0v) is 18.0. The molecule has 0 aliphatic carbocycles. The van der Waals surface area contributed by atoms with Crippen LogP contribution in [0.25, 0.3) is 16.6 Å². The molecule has 0 fully saturated rings. The molecule has 8 heteroatoms. The average Bonchev–Trinajstić information content (AvgIpc) is 2.76. The second kappa shape index (κ2) is 7.88. The minimum absolute atomic E-state index is 0.0678. The SMILES string of the molecule is CCN(c1ccccc1)S(=O)(=O)c1ccc(C)c(-n2c(N)c3ccccc3nc2=O)c1. The van der Waals surface area contributed by atoms with Crippen molar-refractivity contribution in [3.05, 3.63) is 88.8 Å². The number of sulfonamides is 1. The molecule has 4 rings (SSSR count). The van der Waals surface area contributed by atoms with E-state index in [-0.39, 0.29) is 17.3 Å². The highest BCUT2D eigenvalue weighted by molar-refractivity contribution is 7.92. The molecule has 0 aliphatic heterocycles. The molecule has 0 unspecified atom stereocenters. The Hall–Kier alpha value is -3.65. The molecule has 158 valence electrons. The zero-order valence-electron chi connectivity index (χ0n) is 17.2. The van der Waals surface area contributed by atoms with E-state index in [4.69, 9.17) is 5.73 Å². The Bertz CT molecular complexity index is 1430. The molecule has 7 nitrogen and oxygen atoms in total. The summed E-state index contributed by atoms with van der Waals surface area (Å²) in [5, 5.41) is 0.620. The van der Waals surface area contributed by atoms with Gasteiger partial charge in [-0.1, -0.05) is 36.4 Å². The minimum atomic E-state index is -3.86. The van der Waals surface area contributed by atoms with Crippen LogP contribution >= 0.6 is 0 Å². The predicted molar refractivity (Wildman–Crippen MR) is 123 cm³/mol. The fourth-order valence-electron chi connectivity index (χ4n) is 3.60. The van der Waals surface area contributed by atoms with Crippen molar-refractivity contribution in [2.75, 3.05) is 16.6 Å². The van der Waals surface area contributed by atoms with E-state index in [9.17, 15) is 13.2 Å². The van der Waals surface area contributed by atoms with Crippen LogP contribution in [0.1, 0.15) is 12.5 Å². The van der Waals surface area contributed by atoms with Crippen LogP contribution in [-0.4, -0.2) is 24.5 Å². The van der Waals surface area contributed by atoms with Gasteiger partial charge in [0.15, 0.2) is 0 Å². The summed E-state index contributed by atoms with van der Waals surface area (Å²) >= 11 is 0. The van der Waals surface area contributed by atoms with Gasteiger partial charge < -0.3 is 5.73 Å². The lowest BCUT2D eigenvalue weighted by atomic mass is 10.2. The summed E-state index contributed by atoms with van der Waals surface area (Å²) in [6.45, 7) is 3.83. The summed E-state index contributed by atoms with van der Waals surface area (Å²) in [4.78, 5) is 17.0. The number of para-hydroxylation sites is 2. The molecule has 0 saturated heterocycles. The Morgan fingerprint density at radius 2 is 1.68 bits per heavy atom. The van der Waals surface area contributed by atoms with Crippen LogP contribution in [0.4, 0.5) is 11.5 Å². The number of aryl methyl sites for hydroxylation is 1. The number of nitrogen functional groups attached to an aromatic ring is 1. The number of nitrogens with zero attached hydrogens (tertiary/aromatic N) is 3. The maximum absolute atomic E-state index is 13.4. The third-order valence-electron chi connectivity index (χ3n) is 5.17. The molecule has 0 spiro atoms. The van der Waals surface area contributed by atoms with Gasteiger partial charge in [0, 0.05) is 11.9 Å². The molecule has 0 amide bonds. The van der Waals surface area contributed by atoms with Crippen LogP contribution in [0.3, 0.4) is 0 Å². The summed E-state index contributed by atoms with van der Waals surface area (Å²) < 4.78 is 29.5. The Balaban J connectivity index is 1.91. The number of hydrogen-bond donors (Lipinski definition) is 1. The van der Waals surface area contributed by atoms with Crippen LogP contribution in [-0.2, 0) is 10.0 Å². The Labute approximate surface area is 180 Å². The number of anilines is 2. The van der Waals surface area contributed by atoms with Crippen LogP contribution < -0.4 is 15.7 Å². The minimum Gasteiger partial charge on any atom is -0.384 e. The first kappa shape index (κ1) is 20.6. The predicted octanol–water partition coefficient (Wildman–Crippen LogP) is 3.49. The molecule has 0 bridgehead atoms. The molecular formula is C23H22N4O3S. The van der Waals surface area contributed by atoms with Crippen molar-refractivity contribution >= 4 is 32.4 Å². The lowest BCUT2D eigenvalue weighted by Crippen LogP contribution is -2.31. The van der Waals surface area contributed by atoms with Crippen molar-refractivity contribution in [2.24, 2.45) is 0 Å². The first-order valence-corrected chi connectivity index (χ1v) is 11.2. The van der Waals surface area contributed by atoms with E-state index in [2.05, 4.69) is 4.98 Å². The van der Waals surface area contributed by atoms with Crippen LogP contribution in [0, 0.1) is 6.92 Å². The summed E-state index contributed by atoms with van der Waals surface area (Å²) in [5.41, 5.74) is 7.89. The fraction of sp³-hybridized carbons (Fsp3) is 0.130. The maximum Gasteiger partial charge on any atom is 0.354 e. The van der Waals surface area contributed by atoms with Crippen molar-refractivity contribution in [1.29, 1.82) is 0 Å². The molecule has 1 aromatic heterocycles. The summed E-state index contributed by atoms with van der Waals surface area (Å²) in [6.07, 6.45) is 0. The van der Waals surface area contributed by atoms with E-state index >= 15 is 0 Å². The van der Waals surface area contributed by atoms with Crippen LogP contribution in [0.2, 0.25) is 0 Å². The van der Waals surface area contributed by atoms with Gasteiger partial charge in [-0.05, 0) is 55.8 Å². The van der Waals surface area contributed by atoms with Crippen molar-refractivity contribution in [2.45, 2.75) is 18.7 Å². The number of rotatable bonds is 5. The first-order chi connectivity index (χ1) is 14.8. The van der Waals surface area contributed by atoms with Gasteiger partial charge in [-0.3, -0.25) is 4.31 Å². The second-order valence-electron chi connectivity index (χ2n) is 7.09. The summed E-state index contributed by atoms with van der Waals surface area (Å²) in [6, 6.07) is 20.6. The molecule has 2 N–H and O–H groups in total. The fourth-order valence-corrected chi connectivity index (χ4v) is 5.09. The number of hydrogen-bond acceptors (Lipinski definition) is 5. The van der Waals surface area contributed by atoms with Gasteiger partial charge in [0.1, 0.15) is 5.82 Å². The Kier molecular flexibility index (Phi) is 5.24. The molecule has 0 atom stereocenters. The van der Waals surface area contributed by atoms with Gasteiger partial charge >= 0.3 is 5.69 Å². The van der Waals surface area contributed by atoms with Crippen LogP contribution in [0.15, 0.2) is 82.5 Å². The number of nitrogens with two attached hydrogens (primary N) is 1. The highest BCUT2D eigenvalue weighted by Crippen LogP contribution is 2.28.